The fourth-order valence-corrected chi connectivity index (χ4v) is 4.25. The van der Waals surface area contributed by atoms with Gasteiger partial charge in [0.1, 0.15) is 6.04 Å². The first-order chi connectivity index (χ1) is 12.2. The molecular weight excluding hydrogens is 314 g/mol. The van der Waals surface area contributed by atoms with Crippen molar-refractivity contribution < 1.29 is 9.59 Å². The lowest BCUT2D eigenvalue weighted by molar-refractivity contribution is -0.127. The molecule has 5 rings (SSSR count). The van der Waals surface area contributed by atoms with Crippen molar-refractivity contribution in [3.05, 3.63) is 53.6 Å². The van der Waals surface area contributed by atoms with Crippen molar-refractivity contribution in [1.82, 2.24) is 9.80 Å². The van der Waals surface area contributed by atoms with Gasteiger partial charge in [0.2, 0.25) is 0 Å². The molecule has 25 heavy (non-hydrogen) atoms. The highest BCUT2D eigenvalue weighted by atomic mass is 16.2. The van der Waals surface area contributed by atoms with Crippen LogP contribution in [0.15, 0.2) is 42.5 Å². The number of hydrogen-bond acceptors (Lipinski definition) is 3. The zero-order chi connectivity index (χ0) is 17.0. The quantitative estimate of drug-likeness (QED) is 0.750. The molecule has 2 fully saturated rings. The molecule has 0 spiro atoms. The molecule has 5 heteroatoms. The van der Waals surface area contributed by atoms with Crippen LogP contribution in [0.1, 0.15) is 24.0 Å². The summed E-state index contributed by atoms with van der Waals surface area (Å²) >= 11 is 0. The third-order valence-corrected chi connectivity index (χ3v) is 5.52. The average Bonchev–Trinajstić information content (AvgIpc) is 3.30. The van der Waals surface area contributed by atoms with Crippen LogP contribution in [0, 0.1) is 0 Å². The second kappa shape index (κ2) is 5.34. The van der Waals surface area contributed by atoms with Gasteiger partial charge in [-0.15, -0.1) is 0 Å². The maximum absolute atomic E-state index is 12.4. The van der Waals surface area contributed by atoms with E-state index in [0.29, 0.717) is 6.54 Å². The van der Waals surface area contributed by atoms with Gasteiger partial charge in [-0.05, 0) is 53.6 Å². The van der Waals surface area contributed by atoms with Gasteiger partial charge in [-0.2, -0.15) is 0 Å². The Morgan fingerprint density at radius 3 is 2.76 bits per heavy atom. The monoisotopic (exact) mass is 333 g/mol. The molecule has 2 aromatic carbocycles. The predicted molar refractivity (Wildman–Crippen MR) is 95.1 cm³/mol. The van der Waals surface area contributed by atoms with Crippen LogP contribution in [-0.4, -0.2) is 41.0 Å². The molecule has 0 bridgehead atoms. The molecule has 0 unspecified atom stereocenters. The van der Waals surface area contributed by atoms with Crippen molar-refractivity contribution in [3.63, 3.8) is 0 Å². The Morgan fingerprint density at radius 1 is 1.04 bits per heavy atom. The Morgan fingerprint density at radius 2 is 1.88 bits per heavy atom. The van der Waals surface area contributed by atoms with E-state index in [9.17, 15) is 9.59 Å². The van der Waals surface area contributed by atoms with Crippen LogP contribution >= 0.6 is 0 Å². The predicted octanol–water partition coefficient (Wildman–Crippen LogP) is 3.05. The lowest BCUT2D eigenvalue weighted by Crippen LogP contribution is -2.37. The first-order valence-corrected chi connectivity index (χ1v) is 8.79. The SMILES string of the molecule is O=C1[C@@H]2CCCN2C(=O)N1CNc1ccc2c(c1)Cc1ccccc1-2. The van der Waals surface area contributed by atoms with Gasteiger partial charge in [0, 0.05) is 12.2 Å². The smallest absolute Gasteiger partial charge is 0.328 e. The van der Waals surface area contributed by atoms with E-state index in [1.807, 2.05) is 6.07 Å². The van der Waals surface area contributed by atoms with Crippen LogP contribution in [0.25, 0.3) is 11.1 Å². The summed E-state index contributed by atoms with van der Waals surface area (Å²) < 4.78 is 0. The van der Waals surface area contributed by atoms with Crippen molar-refractivity contribution in [3.8, 4) is 11.1 Å². The van der Waals surface area contributed by atoms with Crippen LogP contribution in [0.4, 0.5) is 10.5 Å². The van der Waals surface area contributed by atoms with E-state index in [4.69, 9.17) is 0 Å². The zero-order valence-electron chi connectivity index (χ0n) is 13.9. The molecule has 0 aromatic heterocycles. The maximum atomic E-state index is 12.4. The first kappa shape index (κ1) is 14.5. The second-order valence-corrected chi connectivity index (χ2v) is 6.94. The number of benzene rings is 2. The number of carbonyl (C=O) groups is 2. The Hall–Kier alpha value is -2.82. The van der Waals surface area contributed by atoms with Gasteiger partial charge in [0.05, 0.1) is 6.67 Å². The first-order valence-electron chi connectivity index (χ1n) is 8.79. The van der Waals surface area contributed by atoms with Crippen molar-refractivity contribution in [2.45, 2.75) is 25.3 Å². The molecule has 1 N–H and O–H groups in total. The molecule has 2 aromatic rings. The van der Waals surface area contributed by atoms with Gasteiger partial charge >= 0.3 is 6.03 Å². The Bertz CT molecular complexity index is 870. The Kier molecular flexibility index (Phi) is 3.10. The van der Waals surface area contributed by atoms with Crippen molar-refractivity contribution in [2.24, 2.45) is 0 Å². The van der Waals surface area contributed by atoms with Crippen LogP contribution < -0.4 is 5.32 Å². The number of urea groups is 1. The summed E-state index contributed by atoms with van der Waals surface area (Å²) in [6.45, 7) is 0.930. The number of anilines is 1. The molecule has 2 saturated heterocycles. The number of hydrogen-bond donors (Lipinski definition) is 1. The van der Waals surface area contributed by atoms with Crippen LogP contribution in [-0.2, 0) is 11.2 Å². The van der Waals surface area contributed by atoms with Gasteiger partial charge in [-0.25, -0.2) is 9.69 Å². The van der Waals surface area contributed by atoms with E-state index < -0.39 is 0 Å². The van der Waals surface area contributed by atoms with Gasteiger partial charge in [0.15, 0.2) is 0 Å². The van der Waals surface area contributed by atoms with Crippen molar-refractivity contribution in [1.29, 1.82) is 0 Å². The fourth-order valence-electron chi connectivity index (χ4n) is 4.25. The fraction of sp³-hybridized carbons (Fsp3) is 0.300. The lowest BCUT2D eigenvalue weighted by Gasteiger charge is -2.17. The Labute approximate surface area is 146 Å². The van der Waals surface area contributed by atoms with E-state index in [0.717, 1.165) is 24.9 Å². The molecule has 0 radical (unpaired) electrons. The molecule has 3 aliphatic rings. The van der Waals surface area contributed by atoms with Crippen LogP contribution in [0.2, 0.25) is 0 Å². The third kappa shape index (κ3) is 2.15. The second-order valence-electron chi connectivity index (χ2n) is 6.94. The highest BCUT2D eigenvalue weighted by molar-refractivity contribution is 6.04. The maximum Gasteiger partial charge on any atom is 0.328 e. The number of rotatable bonds is 3. The molecule has 5 nitrogen and oxygen atoms in total. The summed E-state index contributed by atoms with van der Waals surface area (Å²) in [6.07, 6.45) is 2.64. The van der Waals surface area contributed by atoms with Gasteiger partial charge in [-0.3, -0.25) is 4.79 Å². The molecule has 2 aliphatic heterocycles. The zero-order valence-corrected chi connectivity index (χ0v) is 13.9. The average molecular weight is 333 g/mol. The minimum Gasteiger partial charge on any atom is -0.367 e. The minimum atomic E-state index is -0.233. The highest BCUT2D eigenvalue weighted by Crippen LogP contribution is 2.37. The molecule has 2 heterocycles. The normalized spacial score (nSPS) is 20.7. The number of fused-ring (bicyclic) bond motifs is 4. The number of nitrogens with one attached hydrogen (secondary N) is 1. The third-order valence-electron chi connectivity index (χ3n) is 5.52. The van der Waals surface area contributed by atoms with E-state index in [2.05, 4.69) is 41.7 Å². The molecule has 126 valence electrons. The van der Waals surface area contributed by atoms with Crippen LogP contribution in [0.3, 0.4) is 0 Å². The molecule has 3 amide bonds. The van der Waals surface area contributed by atoms with Crippen molar-refractivity contribution in [2.75, 3.05) is 18.5 Å². The van der Waals surface area contributed by atoms with E-state index in [1.54, 1.807) is 4.90 Å². The number of imide groups is 1. The molecule has 0 saturated carbocycles. The minimum absolute atomic E-state index is 0.0661. The van der Waals surface area contributed by atoms with Crippen LogP contribution in [0.5, 0.6) is 0 Å². The summed E-state index contributed by atoms with van der Waals surface area (Å²) in [5, 5.41) is 3.25. The largest absolute Gasteiger partial charge is 0.367 e. The summed E-state index contributed by atoms with van der Waals surface area (Å²) in [4.78, 5) is 27.8. The van der Waals surface area contributed by atoms with E-state index >= 15 is 0 Å². The van der Waals surface area contributed by atoms with Gasteiger partial charge < -0.3 is 10.2 Å². The standard InChI is InChI=1S/C20H19N3O2/c24-19-18-6-3-9-22(18)20(25)23(19)12-21-15-7-8-17-14(11-15)10-13-4-1-2-5-16(13)17/h1-2,4-5,7-8,11,18,21H,3,6,9-10,12H2/t18-/m0/s1. The summed E-state index contributed by atoms with van der Waals surface area (Å²) in [5.74, 6) is -0.0661. The number of amides is 3. The molecule has 1 aliphatic carbocycles. The summed E-state index contributed by atoms with van der Waals surface area (Å²) in [7, 11) is 0. The molecule has 1 atom stereocenters. The van der Waals surface area contributed by atoms with Crippen molar-refractivity contribution >= 4 is 17.6 Å². The van der Waals surface area contributed by atoms with Gasteiger partial charge in [0.25, 0.3) is 5.91 Å². The van der Waals surface area contributed by atoms with E-state index in [1.165, 1.54) is 27.2 Å². The summed E-state index contributed by atoms with van der Waals surface area (Å²) in [5.41, 5.74) is 6.15. The lowest BCUT2D eigenvalue weighted by atomic mass is 10.1. The Balaban J connectivity index is 1.32. The van der Waals surface area contributed by atoms with E-state index in [-0.39, 0.29) is 24.6 Å². The topological polar surface area (TPSA) is 52.7 Å². The molecular formula is C20H19N3O2. The number of nitrogens with zero attached hydrogens (tertiary/aromatic N) is 2. The summed E-state index contributed by atoms with van der Waals surface area (Å²) in [6, 6.07) is 14.3. The van der Waals surface area contributed by atoms with Gasteiger partial charge in [-0.1, -0.05) is 30.3 Å². The highest BCUT2D eigenvalue weighted by Gasteiger charge is 2.47. The number of carbonyl (C=O) groups excluding carboxylic acids is 2.